The number of halogens is 4. The third kappa shape index (κ3) is 4.84. The molecular formula is C10H11Cl4NO2S2. The molecule has 0 N–H and O–H groups in total. The molecule has 1 aromatic rings. The minimum atomic E-state index is -3.67. The summed E-state index contributed by atoms with van der Waals surface area (Å²) < 4.78 is 23.0. The van der Waals surface area contributed by atoms with Crippen LogP contribution in [0, 0.1) is 0 Å². The van der Waals surface area contributed by atoms with Crippen LogP contribution in [-0.4, -0.2) is 27.2 Å². The van der Waals surface area contributed by atoms with Gasteiger partial charge in [-0.2, -0.15) is 0 Å². The lowest BCUT2D eigenvalue weighted by molar-refractivity contribution is 0.549. The van der Waals surface area contributed by atoms with E-state index in [-0.39, 0.29) is 11.4 Å². The highest BCUT2D eigenvalue weighted by Gasteiger charge is 2.36. The Bertz CT molecular complexity index is 504. The quantitative estimate of drug-likeness (QED) is 0.563. The smallest absolute Gasteiger partial charge is 0.206 e. The largest absolute Gasteiger partial charge is 0.252 e. The molecule has 0 fully saturated rings. The van der Waals surface area contributed by atoms with E-state index in [1.807, 2.05) is 0 Å². The van der Waals surface area contributed by atoms with E-state index in [2.05, 4.69) is 0 Å². The monoisotopic (exact) mass is 381 g/mol. The van der Waals surface area contributed by atoms with Crippen molar-refractivity contribution in [1.29, 1.82) is 0 Å². The lowest BCUT2D eigenvalue weighted by Gasteiger charge is -2.25. The Labute approximate surface area is 137 Å². The summed E-state index contributed by atoms with van der Waals surface area (Å²) in [7, 11) is -3.67. The summed E-state index contributed by atoms with van der Waals surface area (Å²) in [5.41, 5.74) is 0. The molecule has 0 spiro atoms. The lowest BCUT2D eigenvalue weighted by Crippen LogP contribution is -2.29. The molecule has 0 amide bonds. The minimum absolute atomic E-state index is 0.164. The van der Waals surface area contributed by atoms with Crippen molar-refractivity contribution in [2.24, 2.45) is 0 Å². The van der Waals surface area contributed by atoms with Crippen molar-refractivity contribution in [2.75, 3.05) is 6.54 Å². The highest BCUT2D eigenvalue weighted by atomic mass is 35.6. The molecule has 9 heteroatoms. The Balaban J connectivity index is 2.98. The van der Waals surface area contributed by atoms with Crippen LogP contribution in [0.3, 0.4) is 0 Å². The van der Waals surface area contributed by atoms with Gasteiger partial charge >= 0.3 is 0 Å². The molecule has 19 heavy (non-hydrogen) atoms. The lowest BCUT2D eigenvalue weighted by atomic mass is 10.4. The van der Waals surface area contributed by atoms with Crippen LogP contribution in [-0.2, 0) is 10.0 Å². The normalized spacial score (nSPS) is 14.6. The third-order valence-corrected chi connectivity index (χ3v) is 7.52. The molecular weight excluding hydrogens is 372 g/mol. The molecule has 1 aromatic carbocycles. The highest BCUT2D eigenvalue weighted by molar-refractivity contribution is 8.09. The second-order valence-corrected chi connectivity index (χ2v) is 9.68. The van der Waals surface area contributed by atoms with E-state index in [1.165, 1.54) is 12.1 Å². The Morgan fingerprint density at radius 1 is 1.26 bits per heavy atom. The van der Waals surface area contributed by atoms with Gasteiger partial charge in [-0.25, -0.2) is 8.42 Å². The maximum absolute atomic E-state index is 12.3. The topological polar surface area (TPSA) is 37.4 Å². The van der Waals surface area contributed by atoms with E-state index in [4.69, 9.17) is 46.4 Å². The molecule has 0 aliphatic rings. The van der Waals surface area contributed by atoms with Gasteiger partial charge in [-0.3, -0.25) is 0 Å². The number of alkyl halides is 4. The van der Waals surface area contributed by atoms with Crippen molar-refractivity contribution in [3.63, 3.8) is 0 Å². The van der Waals surface area contributed by atoms with Gasteiger partial charge in [0.1, 0.15) is 4.71 Å². The Kier molecular flexibility index (Phi) is 6.58. The molecule has 0 bridgehead atoms. The van der Waals surface area contributed by atoms with Crippen LogP contribution in [0.4, 0.5) is 0 Å². The standard InChI is InChI=1S/C10H11Cl4NO2S2/c1-2-15(18-9(11)10(12,13)14)19(16,17)8-6-4-3-5-7-8/h3-7,9H,2H2,1H3. The summed E-state index contributed by atoms with van der Waals surface area (Å²) in [4.78, 5) is 0.164. The molecule has 0 aromatic heterocycles. The summed E-state index contributed by atoms with van der Waals surface area (Å²) in [5, 5.41) is 0. The number of hydrogen-bond acceptors (Lipinski definition) is 3. The number of hydrogen-bond donors (Lipinski definition) is 0. The molecule has 1 rings (SSSR count). The van der Waals surface area contributed by atoms with Crippen LogP contribution in [0.2, 0.25) is 0 Å². The van der Waals surface area contributed by atoms with E-state index >= 15 is 0 Å². The van der Waals surface area contributed by atoms with Gasteiger partial charge in [-0.15, -0.1) is 15.3 Å². The molecule has 1 atom stereocenters. The van der Waals surface area contributed by atoms with E-state index in [1.54, 1.807) is 25.1 Å². The van der Waals surface area contributed by atoms with E-state index in [9.17, 15) is 8.42 Å². The Hall–Kier alpha value is 0.640. The maximum Gasteiger partial charge on any atom is 0.252 e. The van der Waals surface area contributed by atoms with Crippen molar-refractivity contribution in [3.05, 3.63) is 30.3 Å². The zero-order chi connectivity index (χ0) is 14.7. The first-order chi connectivity index (χ1) is 8.69. The van der Waals surface area contributed by atoms with Gasteiger partial charge in [0.15, 0.2) is 0 Å². The van der Waals surface area contributed by atoms with E-state index in [0.717, 1.165) is 15.7 Å². The zero-order valence-corrected chi connectivity index (χ0v) is 14.4. The fourth-order valence-corrected chi connectivity index (χ4v) is 4.48. The summed E-state index contributed by atoms with van der Waals surface area (Å²) in [6.07, 6.45) is 0. The molecule has 3 nitrogen and oxygen atoms in total. The van der Waals surface area contributed by atoms with Gasteiger partial charge < -0.3 is 0 Å². The van der Waals surface area contributed by atoms with Gasteiger partial charge in [0, 0.05) is 6.54 Å². The van der Waals surface area contributed by atoms with Crippen molar-refractivity contribution in [3.8, 4) is 0 Å². The van der Waals surface area contributed by atoms with Gasteiger partial charge in [-0.05, 0) is 24.1 Å². The molecule has 1 unspecified atom stereocenters. The summed E-state index contributed by atoms with van der Waals surface area (Å²) in [6.45, 7) is 1.88. The fourth-order valence-electron chi connectivity index (χ4n) is 1.17. The average molecular weight is 383 g/mol. The predicted molar refractivity (Wildman–Crippen MR) is 83.5 cm³/mol. The Morgan fingerprint density at radius 3 is 2.21 bits per heavy atom. The van der Waals surface area contributed by atoms with Crippen molar-refractivity contribution in [1.82, 2.24) is 3.71 Å². The van der Waals surface area contributed by atoms with Crippen LogP contribution < -0.4 is 0 Å². The predicted octanol–water partition coefficient (Wildman–Crippen LogP) is 4.28. The van der Waals surface area contributed by atoms with Gasteiger partial charge in [0.05, 0.1) is 4.90 Å². The minimum Gasteiger partial charge on any atom is -0.206 e. The average Bonchev–Trinajstić information content (AvgIpc) is 2.35. The van der Waals surface area contributed by atoms with Crippen molar-refractivity contribution >= 4 is 68.4 Å². The van der Waals surface area contributed by atoms with Crippen LogP contribution >= 0.6 is 58.4 Å². The van der Waals surface area contributed by atoms with Crippen LogP contribution in [0.15, 0.2) is 35.2 Å². The fraction of sp³-hybridized carbons (Fsp3) is 0.400. The van der Waals surface area contributed by atoms with Crippen LogP contribution in [0.5, 0.6) is 0 Å². The summed E-state index contributed by atoms with van der Waals surface area (Å²) >= 11 is 23.6. The number of sulfonamides is 1. The summed E-state index contributed by atoms with van der Waals surface area (Å²) in [6, 6.07) is 8.00. The highest BCUT2D eigenvalue weighted by Crippen LogP contribution is 2.42. The van der Waals surface area contributed by atoms with Gasteiger partial charge in [0.25, 0.3) is 10.0 Å². The first-order valence-electron chi connectivity index (χ1n) is 5.15. The molecule has 0 radical (unpaired) electrons. The second kappa shape index (κ2) is 7.07. The second-order valence-electron chi connectivity index (χ2n) is 3.40. The van der Waals surface area contributed by atoms with E-state index in [0.29, 0.717) is 0 Å². The molecule has 108 valence electrons. The molecule has 0 aliphatic heterocycles. The first-order valence-corrected chi connectivity index (χ1v) is 8.99. The molecule has 0 heterocycles. The third-order valence-electron chi connectivity index (χ3n) is 2.03. The van der Waals surface area contributed by atoms with Crippen LogP contribution in [0.1, 0.15) is 6.92 Å². The van der Waals surface area contributed by atoms with Gasteiger partial charge in [0.2, 0.25) is 3.79 Å². The first kappa shape index (κ1) is 17.7. The number of rotatable bonds is 5. The van der Waals surface area contributed by atoms with Gasteiger partial charge in [-0.1, -0.05) is 59.9 Å². The SMILES string of the molecule is CCN(SC(Cl)C(Cl)(Cl)Cl)S(=O)(=O)c1ccccc1. The molecule has 0 saturated carbocycles. The van der Waals surface area contributed by atoms with Crippen LogP contribution in [0.25, 0.3) is 0 Å². The number of nitrogens with zero attached hydrogens (tertiary/aromatic N) is 1. The molecule has 0 aliphatic carbocycles. The summed E-state index contributed by atoms with van der Waals surface area (Å²) in [5.74, 6) is 0. The molecule has 0 saturated heterocycles. The van der Waals surface area contributed by atoms with E-state index < -0.39 is 18.5 Å². The Morgan fingerprint density at radius 2 is 1.79 bits per heavy atom. The zero-order valence-electron chi connectivity index (χ0n) is 9.76. The number of benzene rings is 1. The maximum atomic E-state index is 12.3. The van der Waals surface area contributed by atoms with Crippen molar-refractivity contribution < 1.29 is 8.42 Å². The van der Waals surface area contributed by atoms with Crippen molar-refractivity contribution in [2.45, 2.75) is 20.3 Å².